The normalized spacial score (nSPS) is 10.4. The molecule has 0 spiro atoms. The fraction of sp³-hybridized carbons (Fsp3) is 0.200. The molecule has 72 valence electrons. The highest BCUT2D eigenvalue weighted by Crippen LogP contribution is 2.02. The van der Waals surface area contributed by atoms with Crippen molar-refractivity contribution >= 4 is 0 Å². The fourth-order valence-corrected chi connectivity index (χ4v) is 1.30. The van der Waals surface area contributed by atoms with Crippen LogP contribution < -0.4 is 5.73 Å². The Balaban J connectivity index is 2.11. The van der Waals surface area contributed by atoms with Crippen LogP contribution in [0.5, 0.6) is 0 Å². The molecule has 0 aliphatic heterocycles. The van der Waals surface area contributed by atoms with E-state index >= 15 is 0 Å². The third kappa shape index (κ3) is 1.97. The molecule has 0 aliphatic rings. The summed E-state index contributed by atoms with van der Waals surface area (Å²) in [6.45, 7) is 1.30. The zero-order valence-electron chi connectivity index (χ0n) is 7.80. The van der Waals surface area contributed by atoms with Crippen LogP contribution in [0.3, 0.4) is 0 Å². The Morgan fingerprint density at radius 2 is 2.07 bits per heavy atom. The summed E-state index contributed by atoms with van der Waals surface area (Å²) in [5.74, 6) is 0. The zero-order chi connectivity index (χ0) is 9.80. The van der Waals surface area contributed by atoms with Gasteiger partial charge in [-0.25, -0.2) is 4.98 Å². The van der Waals surface area contributed by atoms with Crippen molar-refractivity contribution in [2.24, 2.45) is 5.73 Å². The minimum Gasteiger partial charge on any atom is -0.333 e. The number of hydrogen-bond donors (Lipinski definition) is 1. The Kier molecular flexibility index (Phi) is 2.55. The van der Waals surface area contributed by atoms with Crippen LogP contribution >= 0.6 is 0 Å². The molecule has 0 saturated carbocycles. The largest absolute Gasteiger partial charge is 0.333 e. The van der Waals surface area contributed by atoms with Crippen molar-refractivity contribution in [1.29, 1.82) is 0 Å². The minimum atomic E-state index is 0.489. The van der Waals surface area contributed by atoms with E-state index in [-0.39, 0.29) is 0 Å². The second-order valence-electron chi connectivity index (χ2n) is 3.10. The lowest BCUT2D eigenvalue weighted by molar-refractivity contribution is 0.794. The van der Waals surface area contributed by atoms with Crippen LogP contribution in [0.2, 0.25) is 0 Å². The van der Waals surface area contributed by atoms with Crippen LogP contribution in [0.4, 0.5) is 0 Å². The van der Waals surface area contributed by atoms with Crippen molar-refractivity contribution in [2.75, 3.05) is 0 Å². The van der Waals surface area contributed by atoms with Gasteiger partial charge in [0.15, 0.2) is 0 Å². The first-order valence-electron chi connectivity index (χ1n) is 4.48. The molecule has 0 fully saturated rings. The monoisotopic (exact) mass is 188 g/mol. The molecular formula is C10H12N4. The molecule has 2 aromatic rings. The van der Waals surface area contributed by atoms with Gasteiger partial charge in [0.1, 0.15) is 0 Å². The number of rotatable bonds is 3. The number of nitrogens with zero attached hydrogens (tertiary/aromatic N) is 3. The molecule has 0 radical (unpaired) electrons. The lowest BCUT2D eigenvalue weighted by Gasteiger charge is -2.00. The molecule has 2 heterocycles. The minimum absolute atomic E-state index is 0.489. The van der Waals surface area contributed by atoms with E-state index < -0.39 is 0 Å². The van der Waals surface area contributed by atoms with Crippen LogP contribution in [0.1, 0.15) is 11.3 Å². The molecule has 0 atom stereocenters. The maximum Gasteiger partial charge on any atom is 0.0953 e. The Hall–Kier alpha value is -1.68. The Morgan fingerprint density at radius 3 is 2.71 bits per heavy atom. The van der Waals surface area contributed by atoms with Crippen molar-refractivity contribution in [3.8, 4) is 0 Å². The molecule has 14 heavy (non-hydrogen) atoms. The predicted molar refractivity (Wildman–Crippen MR) is 53.5 cm³/mol. The van der Waals surface area contributed by atoms with Crippen molar-refractivity contribution in [3.63, 3.8) is 0 Å². The van der Waals surface area contributed by atoms with Crippen molar-refractivity contribution in [1.82, 2.24) is 14.5 Å². The second-order valence-corrected chi connectivity index (χ2v) is 3.10. The molecule has 4 nitrogen and oxygen atoms in total. The predicted octanol–water partition coefficient (Wildman–Crippen LogP) is 0.785. The average Bonchev–Trinajstić information content (AvgIpc) is 2.67. The molecule has 0 aliphatic carbocycles. The van der Waals surface area contributed by atoms with Gasteiger partial charge in [-0.3, -0.25) is 4.98 Å². The number of pyridine rings is 1. The van der Waals surface area contributed by atoms with Crippen molar-refractivity contribution in [2.45, 2.75) is 13.1 Å². The van der Waals surface area contributed by atoms with Crippen LogP contribution in [0, 0.1) is 0 Å². The van der Waals surface area contributed by atoms with Crippen molar-refractivity contribution in [3.05, 3.63) is 48.3 Å². The lowest BCUT2D eigenvalue weighted by Crippen LogP contribution is -1.98. The molecule has 0 bridgehead atoms. The van der Waals surface area contributed by atoms with Gasteiger partial charge >= 0.3 is 0 Å². The quantitative estimate of drug-likeness (QED) is 0.774. The molecule has 2 rings (SSSR count). The van der Waals surface area contributed by atoms with Gasteiger partial charge in [0.25, 0.3) is 0 Å². The average molecular weight is 188 g/mol. The Labute approximate surface area is 82.4 Å². The van der Waals surface area contributed by atoms with E-state index in [1.807, 2.05) is 22.9 Å². The topological polar surface area (TPSA) is 56.7 Å². The van der Waals surface area contributed by atoms with Gasteiger partial charge < -0.3 is 10.3 Å². The summed E-state index contributed by atoms with van der Waals surface area (Å²) in [7, 11) is 0. The third-order valence-corrected chi connectivity index (χ3v) is 2.01. The summed E-state index contributed by atoms with van der Waals surface area (Å²) < 4.78 is 2.01. The number of aromatic nitrogens is 3. The van der Waals surface area contributed by atoms with Gasteiger partial charge in [0, 0.05) is 31.7 Å². The molecule has 0 saturated heterocycles. The first kappa shape index (κ1) is 8.90. The van der Waals surface area contributed by atoms with Crippen LogP contribution in [0.25, 0.3) is 0 Å². The highest BCUT2D eigenvalue weighted by molar-refractivity contribution is 5.11. The molecule has 4 heteroatoms. The van der Waals surface area contributed by atoms with Crippen LogP contribution in [-0.4, -0.2) is 14.5 Å². The summed E-state index contributed by atoms with van der Waals surface area (Å²) in [5.41, 5.74) is 7.60. The molecule has 2 N–H and O–H groups in total. The van der Waals surface area contributed by atoms with E-state index in [0.29, 0.717) is 6.54 Å². The first-order valence-corrected chi connectivity index (χ1v) is 4.48. The van der Waals surface area contributed by atoms with Crippen LogP contribution in [0.15, 0.2) is 37.1 Å². The molecule has 0 aromatic carbocycles. The van der Waals surface area contributed by atoms with Gasteiger partial charge in [-0.1, -0.05) is 0 Å². The highest BCUT2D eigenvalue weighted by atomic mass is 15.0. The summed E-state index contributed by atoms with van der Waals surface area (Å²) >= 11 is 0. The Morgan fingerprint density at radius 1 is 1.29 bits per heavy atom. The summed E-state index contributed by atoms with van der Waals surface area (Å²) in [4.78, 5) is 8.12. The molecule has 2 aromatic heterocycles. The second kappa shape index (κ2) is 4.02. The zero-order valence-corrected chi connectivity index (χ0v) is 7.80. The summed E-state index contributed by atoms with van der Waals surface area (Å²) in [6, 6.07) is 3.98. The van der Waals surface area contributed by atoms with E-state index in [1.165, 1.54) is 5.56 Å². The van der Waals surface area contributed by atoms with Gasteiger partial charge in [0.05, 0.1) is 12.0 Å². The van der Waals surface area contributed by atoms with Crippen LogP contribution in [-0.2, 0) is 13.1 Å². The standard InChI is InChI=1S/C10H12N4/c11-5-10-7-14(8-13-10)6-9-1-3-12-4-2-9/h1-4,7-8H,5-6,11H2. The Bertz CT molecular complexity index is 394. The van der Waals surface area contributed by atoms with Gasteiger partial charge in [0.2, 0.25) is 0 Å². The van der Waals surface area contributed by atoms with Gasteiger partial charge in [-0.05, 0) is 17.7 Å². The number of imidazole rings is 1. The maximum absolute atomic E-state index is 5.47. The molecule has 0 unspecified atom stereocenters. The van der Waals surface area contributed by atoms with Crippen molar-refractivity contribution < 1.29 is 0 Å². The lowest BCUT2D eigenvalue weighted by atomic mass is 10.3. The van der Waals surface area contributed by atoms with E-state index in [4.69, 9.17) is 5.73 Å². The smallest absolute Gasteiger partial charge is 0.0953 e. The third-order valence-electron chi connectivity index (χ3n) is 2.01. The van der Waals surface area contributed by atoms with Gasteiger partial charge in [-0.15, -0.1) is 0 Å². The van der Waals surface area contributed by atoms with E-state index in [2.05, 4.69) is 9.97 Å². The summed E-state index contributed by atoms with van der Waals surface area (Å²) in [6.07, 6.45) is 7.33. The van der Waals surface area contributed by atoms with E-state index in [0.717, 1.165) is 12.2 Å². The number of hydrogen-bond acceptors (Lipinski definition) is 3. The van der Waals surface area contributed by atoms with Gasteiger partial charge in [-0.2, -0.15) is 0 Å². The fourth-order valence-electron chi connectivity index (χ4n) is 1.30. The molecular weight excluding hydrogens is 176 g/mol. The highest BCUT2D eigenvalue weighted by Gasteiger charge is 1.97. The van der Waals surface area contributed by atoms with E-state index in [9.17, 15) is 0 Å². The first-order chi connectivity index (χ1) is 6.88. The summed E-state index contributed by atoms with van der Waals surface area (Å²) in [5, 5.41) is 0. The van der Waals surface area contributed by atoms with E-state index in [1.54, 1.807) is 18.7 Å². The maximum atomic E-state index is 5.47. The molecule has 0 amide bonds. The number of nitrogens with two attached hydrogens (primary N) is 1. The SMILES string of the molecule is NCc1cn(Cc2ccncc2)cn1.